The zero-order valence-corrected chi connectivity index (χ0v) is 14.2. The van der Waals surface area contributed by atoms with Crippen LogP contribution in [0.2, 0.25) is 0 Å². The van der Waals surface area contributed by atoms with Gasteiger partial charge in [0, 0.05) is 13.0 Å². The van der Waals surface area contributed by atoms with Gasteiger partial charge >= 0.3 is 0 Å². The molecule has 2 N–H and O–H groups in total. The Balaban J connectivity index is 1.74. The number of carbonyl (C=O) groups excluding carboxylic acids is 1. The highest BCUT2D eigenvalue weighted by Gasteiger charge is 2.12. The number of hydrogen-bond donors (Lipinski definition) is 2. The molecule has 2 aromatic carbocycles. The lowest BCUT2D eigenvalue weighted by Gasteiger charge is -2.14. The average molecular weight is 327 g/mol. The topological polar surface area (TPSA) is 58.6 Å². The summed E-state index contributed by atoms with van der Waals surface area (Å²) in [6.07, 6.45) is 0.381. The van der Waals surface area contributed by atoms with Crippen molar-refractivity contribution in [1.82, 2.24) is 5.32 Å². The quantitative estimate of drug-likeness (QED) is 0.781. The lowest BCUT2D eigenvalue weighted by molar-refractivity contribution is -0.121. The van der Waals surface area contributed by atoms with Gasteiger partial charge in [0.2, 0.25) is 5.91 Å². The van der Waals surface area contributed by atoms with Crippen LogP contribution < -0.4 is 10.1 Å². The predicted molar refractivity (Wildman–Crippen MR) is 95.1 cm³/mol. The van der Waals surface area contributed by atoms with Crippen molar-refractivity contribution in [3.05, 3.63) is 65.7 Å². The Morgan fingerprint density at radius 2 is 1.75 bits per heavy atom. The number of hydrogen-bond acceptors (Lipinski definition) is 3. The third-order valence-corrected chi connectivity index (χ3v) is 4.10. The average Bonchev–Trinajstić information content (AvgIpc) is 2.62. The van der Waals surface area contributed by atoms with Crippen molar-refractivity contribution in [2.75, 3.05) is 13.7 Å². The number of aliphatic hydroxyl groups excluding tert-OH is 1. The smallest absolute Gasteiger partial charge is 0.220 e. The van der Waals surface area contributed by atoms with Crippen LogP contribution in [0.4, 0.5) is 0 Å². The first-order chi connectivity index (χ1) is 11.6. The van der Waals surface area contributed by atoms with Crippen LogP contribution in [0.1, 0.15) is 42.9 Å². The summed E-state index contributed by atoms with van der Waals surface area (Å²) in [5, 5.41) is 13.0. The third-order valence-electron chi connectivity index (χ3n) is 4.10. The van der Waals surface area contributed by atoms with Crippen LogP contribution in [-0.4, -0.2) is 24.7 Å². The number of carbonyl (C=O) groups is 1. The van der Waals surface area contributed by atoms with E-state index in [0.29, 0.717) is 19.4 Å². The number of benzene rings is 2. The Bertz CT molecular complexity index is 625. The SMILES string of the molecule is COc1ccc(C(C)CC(=O)NCCC(O)c2ccccc2)cc1. The Kier molecular flexibility index (Phi) is 6.82. The number of amides is 1. The molecule has 0 radical (unpaired) electrons. The van der Waals surface area contributed by atoms with Gasteiger partial charge in [0.05, 0.1) is 13.2 Å². The first-order valence-corrected chi connectivity index (χ1v) is 8.24. The van der Waals surface area contributed by atoms with Crippen molar-refractivity contribution < 1.29 is 14.6 Å². The highest BCUT2D eigenvalue weighted by Crippen LogP contribution is 2.22. The van der Waals surface area contributed by atoms with Crippen LogP contribution in [0.15, 0.2) is 54.6 Å². The summed E-state index contributed by atoms with van der Waals surface area (Å²) in [7, 11) is 1.63. The molecule has 0 spiro atoms. The monoisotopic (exact) mass is 327 g/mol. The summed E-state index contributed by atoms with van der Waals surface area (Å²) >= 11 is 0. The molecule has 1 amide bonds. The van der Waals surface area contributed by atoms with E-state index in [1.807, 2.05) is 61.5 Å². The number of methoxy groups -OCH3 is 1. The fraction of sp³-hybridized carbons (Fsp3) is 0.350. The molecule has 0 aliphatic rings. The van der Waals surface area contributed by atoms with Crippen LogP contribution in [0.25, 0.3) is 0 Å². The van der Waals surface area contributed by atoms with E-state index in [9.17, 15) is 9.90 Å². The molecule has 2 aromatic rings. The van der Waals surface area contributed by atoms with Gasteiger partial charge in [-0.15, -0.1) is 0 Å². The molecule has 128 valence electrons. The van der Waals surface area contributed by atoms with E-state index in [4.69, 9.17) is 4.74 Å². The molecule has 0 aliphatic carbocycles. The van der Waals surface area contributed by atoms with Crippen molar-refractivity contribution in [2.45, 2.75) is 31.8 Å². The van der Waals surface area contributed by atoms with Crippen LogP contribution >= 0.6 is 0 Å². The zero-order chi connectivity index (χ0) is 17.4. The largest absolute Gasteiger partial charge is 0.497 e. The van der Waals surface area contributed by atoms with Crippen molar-refractivity contribution >= 4 is 5.91 Å². The van der Waals surface area contributed by atoms with Crippen molar-refractivity contribution in [2.24, 2.45) is 0 Å². The van der Waals surface area contributed by atoms with E-state index >= 15 is 0 Å². The third kappa shape index (κ3) is 5.39. The summed E-state index contributed by atoms with van der Waals surface area (Å²) in [5.74, 6) is 0.943. The van der Waals surface area contributed by atoms with Gasteiger partial charge in [0.15, 0.2) is 0 Å². The minimum Gasteiger partial charge on any atom is -0.497 e. The van der Waals surface area contributed by atoms with E-state index in [-0.39, 0.29) is 11.8 Å². The van der Waals surface area contributed by atoms with Crippen LogP contribution in [-0.2, 0) is 4.79 Å². The summed E-state index contributed by atoms with van der Waals surface area (Å²) in [6, 6.07) is 17.3. The molecular weight excluding hydrogens is 302 g/mol. The van der Waals surface area contributed by atoms with Crippen LogP contribution in [0, 0.1) is 0 Å². The first-order valence-electron chi connectivity index (χ1n) is 8.24. The molecule has 0 aliphatic heterocycles. The van der Waals surface area contributed by atoms with Gasteiger partial charge in [-0.25, -0.2) is 0 Å². The molecule has 24 heavy (non-hydrogen) atoms. The van der Waals surface area contributed by atoms with Gasteiger partial charge in [0.1, 0.15) is 5.75 Å². The number of ether oxygens (including phenoxy) is 1. The summed E-state index contributed by atoms with van der Waals surface area (Å²) in [5.41, 5.74) is 1.98. The van der Waals surface area contributed by atoms with Crippen LogP contribution in [0.3, 0.4) is 0 Å². The molecule has 0 saturated carbocycles. The highest BCUT2D eigenvalue weighted by atomic mass is 16.5. The second-order valence-electron chi connectivity index (χ2n) is 5.94. The normalized spacial score (nSPS) is 13.1. The Hall–Kier alpha value is -2.33. The fourth-order valence-electron chi connectivity index (χ4n) is 2.59. The minimum atomic E-state index is -0.550. The van der Waals surface area contributed by atoms with Gasteiger partial charge in [-0.1, -0.05) is 49.4 Å². The number of nitrogens with one attached hydrogen (secondary N) is 1. The molecule has 4 nitrogen and oxygen atoms in total. The van der Waals surface area contributed by atoms with Crippen molar-refractivity contribution in [3.8, 4) is 5.75 Å². The van der Waals surface area contributed by atoms with Gasteiger partial charge in [-0.2, -0.15) is 0 Å². The van der Waals surface area contributed by atoms with Crippen LogP contribution in [0.5, 0.6) is 5.75 Å². The molecule has 0 bridgehead atoms. The summed E-state index contributed by atoms with van der Waals surface area (Å²) in [4.78, 5) is 12.1. The summed E-state index contributed by atoms with van der Waals surface area (Å²) in [6.45, 7) is 2.49. The molecule has 0 heterocycles. The molecule has 4 heteroatoms. The van der Waals surface area contributed by atoms with E-state index in [1.54, 1.807) is 7.11 Å². The molecule has 2 rings (SSSR count). The van der Waals surface area contributed by atoms with Gasteiger partial charge in [-0.3, -0.25) is 4.79 Å². The minimum absolute atomic E-state index is 0.00132. The molecule has 0 aromatic heterocycles. The highest BCUT2D eigenvalue weighted by molar-refractivity contribution is 5.76. The summed E-state index contributed by atoms with van der Waals surface area (Å²) < 4.78 is 5.14. The van der Waals surface area contributed by atoms with E-state index < -0.39 is 6.10 Å². The maximum Gasteiger partial charge on any atom is 0.220 e. The second-order valence-corrected chi connectivity index (χ2v) is 5.94. The Labute approximate surface area is 143 Å². The Morgan fingerprint density at radius 1 is 1.08 bits per heavy atom. The lowest BCUT2D eigenvalue weighted by atomic mass is 9.97. The first kappa shape index (κ1) is 18.0. The van der Waals surface area contributed by atoms with E-state index in [0.717, 1.165) is 16.9 Å². The van der Waals surface area contributed by atoms with Crippen molar-refractivity contribution in [1.29, 1.82) is 0 Å². The lowest BCUT2D eigenvalue weighted by Crippen LogP contribution is -2.26. The van der Waals surface area contributed by atoms with Gasteiger partial charge in [-0.05, 0) is 35.6 Å². The molecule has 2 unspecified atom stereocenters. The maximum absolute atomic E-state index is 12.1. The number of rotatable bonds is 8. The molecule has 0 saturated heterocycles. The molecular formula is C20H25NO3. The maximum atomic E-state index is 12.1. The van der Waals surface area contributed by atoms with Crippen molar-refractivity contribution in [3.63, 3.8) is 0 Å². The zero-order valence-electron chi connectivity index (χ0n) is 14.2. The Morgan fingerprint density at radius 3 is 2.38 bits per heavy atom. The second kappa shape index (κ2) is 9.08. The molecule has 0 fully saturated rings. The standard InChI is InChI=1S/C20H25NO3/c1-15(16-8-10-18(24-2)11-9-16)14-20(23)21-13-12-19(22)17-6-4-3-5-7-17/h3-11,15,19,22H,12-14H2,1-2H3,(H,21,23). The number of aliphatic hydroxyl groups is 1. The fourth-order valence-corrected chi connectivity index (χ4v) is 2.59. The predicted octanol–water partition coefficient (Wildman–Crippen LogP) is 3.43. The van der Waals surface area contributed by atoms with Gasteiger partial charge < -0.3 is 15.2 Å². The molecule has 2 atom stereocenters. The van der Waals surface area contributed by atoms with Gasteiger partial charge in [0.25, 0.3) is 0 Å². The van der Waals surface area contributed by atoms with E-state index in [1.165, 1.54) is 0 Å². The van der Waals surface area contributed by atoms with E-state index in [2.05, 4.69) is 5.32 Å².